The Bertz CT molecular complexity index is 723. The van der Waals surface area contributed by atoms with Crippen molar-refractivity contribution in [2.45, 2.75) is 66.2 Å². The third kappa shape index (κ3) is 13.8. The number of carbonyl (C=O) groups excluding carboxylic acids is 1. The van der Waals surface area contributed by atoms with Crippen molar-refractivity contribution in [3.8, 4) is 22.9 Å². The molecule has 2 aromatic rings. The summed E-state index contributed by atoms with van der Waals surface area (Å²) in [5.41, 5.74) is 9.81. The smallest absolute Gasteiger partial charge is 0.298 e. The van der Waals surface area contributed by atoms with Crippen LogP contribution in [0.2, 0.25) is 0 Å². The number of hydrogen-bond acceptors (Lipinski definition) is 5. The van der Waals surface area contributed by atoms with Crippen LogP contribution in [-0.4, -0.2) is 18.1 Å². The number of nitrogens with zero attached hydrogens (tertiary/aromatic N) is 1. The molecule has 0 spiro atoms. The van der Waals surface area contributed by atoms with Gasteiger partial charge in [0.15, 0.2) is 0 Å². The number of nitriles is 1. The molecule has 30 heavy (non-hydrogen) atoms. The van der Waals surface area contributed by atoms with Gasteiger partial charge in [-0.2, -0.15) is 5.26 Å². The molecule has 0 aromatic heterocycles. The fraction of sp³-hybridized carbons (Fsp3) is 0.440. The van der Waals surface area contributed by atoms with E-state index in [0.717, 1.165) is 16.7 Å². The van der Waals surface area contributed by atoms with Gasteiger partial charge < -0.3 is 10.5 Å². The Kier molecular flexibility index (Phi) is 19.9. The van der Waals surface area contributed by atoms with Gasteiger partial charge in [0.05, 0.1) is 17.9 Å². The molecule has 1 atom stereocenters. The molecule has 0 aliphatic rings. The van der Waals surface area contributed by atoms with Gasteiger partial charge in [0.25, 0.3) is 6.47 Å². The molecule has 2 rings (SSSR count). The van der Waals surface area contributed by atoms with Crippen LogP contribution in [0.3, 0.4) is 0 Å². The number of unbranched alkanes of at least 4 members (excludes halogenated alkanes) is 1. The summed E-state index contributed by atoms with van der Waals surface area (Å²) in [6, 6.07) is 16.1. The fourth-order valence-corrected chi connectivity index (χ4v) is 2.17. The topological polar surface area (TPSA) is 76.1 Å². The number of benzene rings is 2. The van der Waals surface area contributed by atoms with Gasteiger partial charge in [-0.1, -0.05) is 76.4 Å². The van der Waals surface area contributed by atoms with E-state index in [4.69, 9.17) is 15.7 Å². The minimum Gasteiger partial charge on any atom is -0.428 e. The molecule has 0 heterocycles. The lowest BCUT2D eigenvalue weighted by Gasteiger charge is -2.07. The zero-order chi connectivity index (χ0) is 23.4. The van der Waals surface area contributed by atoms with Gasteiger partial charge in [-0.15, -0.1) is 11.8 Å². The van der Waals surface area contributed by atoms with E-state index in [1.807, 2.05) is 51.3 Å². The zero-order valence-corrected chi connectivity index (χ0v) is 20.4. The van der Waals surface area contributed by atoms with E-state index >= 15 is 0 Å². The molecule has 2 aromatic carbocycles. The van der Waals surface area contributed by atoms with Crippen LogP contribution in [0.4, 0.5) is 0 Å². The summed E-state index contributed by atoms with van der Waals surface area (Å²) < 4.78 is 4.87. The van der Waals surface area contributed by atoms with Crippen molar-refractivity contribution in [2.24, 2.45) is 5.73 Å². The minimum absolute atomic E-state index is 0.00463. The molecular formula is C25H38N2O2S. The quantitative estimate of drug-likeness (QED) is 0.399. The van der Waals surface area contributed by atoms with Gasteiger partial charge in [0.2, 0.25) is 0 Å². The van der Waals surface area contributed by atoms with Crippen LogP contribution in [0, 0.1) is 25.2 Å². The van der Waals surface area contributed by atoms with Crippen LogP contribution in [0.15, 0.2) is 42.5 Å². The van der Waals surface area contributed by atoms with E-state index in [1.54, 1.807) is 0 Å². The van der Waals surface area contributed by atoms with Crippen LogP contribution in [0.5, 0.6) is 5.75 Å². The van der Waals surface area contributed by atoms with Crippen LogP contribution >= 0.6 is 11.8 Å². The Morgan fingerprint density at radius 3 is 1.97 bits per heavy atom. The lowest BCUT2D eigenvalue weighted by molar-refractivity contribution is -0.120. The molecular weight excluding hydrogens is 392 g/mol. The van der Waals surface area contributed by atoms with Crippen molar-refractivity contribution in [3.63, 3.8) is 0 Å². The average molecular weight is 431 g/mol. The maximum Gasteiger partial charge on any atom is 0.298 e. The number of carbonyl (C=O) groups is 1. The molecule has 4 nitrogen and oxygen atoms in total. The highest BCUT2D eigenvalue weighted by Crippen LogP contribution is 2.26. The molecule has 0 fully saturated rings. The first-order chi connectivity index (χ1) is 14.4. The first kappa shape index (κ1) is 29.9. The highest BCUT2D eigenvalue weighted by molar-refractivity contribution is 7.99. The van der Waals surface area contributed by atoms with E-state index in [0.29, 0.717) is 18.6 Å². The standard InChI is InChI=1S/C15H14O2.C4H8N2S.C4H10.C2H6/c1-11-3-5-13(6-4-11)14-7-8-15(17-10-16)12(2)9-14;1-7-4(6)2-3-5;1-3-4-2;1-2/h3-10H,1-2H3;4H,2,6H2,1H3;3-4H2,1-2H3;1-2H3. The van der Waals surface area contributed by atoms with Crippen LogP contribution in [0.1, 0.15) is 58.1 Å². The second-order valence-corrected chi connectivity index (χ2v) is 7.27. The Hall–Kier alpha value is -2.29. The highest BCUT2D eigenvalue weighted by atomic mass is 32.2. The van der Waals surface area contributed by atoms with Crippen molar-refractivity contribution < 1.29 is 9.53 Å². The molecule has 166 valence electrons. The van der Waals surface area contributed by atoms with E-state index in [-0.39, 0.29) is 5.37 Å². The monoisotopic (exact) mass is 430 g/mol. The number of rotatable bonds is 6. The second-order valence-electron chi connectivity index (χ2n) is 6.20. The minimum atomic E-state index is 0.00463. The van der Waals surface area contributed by atoms with Gasteiger partial charge >= 0.3 is 0 Å². The van der Waals surface area contributed by atoms with Crippen molar-refractivity contribution in [1.82, 2.24) is 0 Å². The summed E-state index contributed by atoms with van der Waals surface area (Å²) in [6.45, 7) is 12.8. The normalized spacial score (nSPS) is 9.83. The summed E-state index contributed by atoms with van der Waals surface area (Å²) in [4.78, 5) is 10.3. The van der Waals surface area contributed by atoms with E-state index in [9.17, 15) is 4.79 Å². The van der Waals surface area contributed by atoms with Crippen LogP contribution in [-0.2, 0) is 4.79 Å². The van der Waals surface area contributed by atoms with Gasteiger partial charge in [-0.3, -0.25) is 4.79 Å². The Morgan fingerprint density at radius 1 is 1.07 bits per heavy atom. The molecule has 0 bridgehead atoms. The predicted molar refractivity (Wildman–Crippen MR) is 132 cm³/mol. The van der Waals surface area contributed by atoms with E-state index in [1.165, 1.54) is 30.2 Å². The molecule has 0 saturated carbocycles. The Labute approximate surface area is 187 Å². The van der Waals surface area contributed by atoms with Crippen LogP contribution < -0.4 is 10.5 Å². The largest absolute Gasteiger partial charge is 0.428 e. The number of ether oxygens (including phenoxy) is 1. The number of nitrogens with two attached hydrogens (primary N) is 1. The lowest BCUT2D eigenvalue weighted by atomic mass is 10.0. The number of aryl methyl sites for hydroxylation is 2. The third-order valence-electron chi connectivity index (χ3n) is 3.83. The predicted octanol–water partition coefficient (Wildman–Crippen LogP) is 6.89. The van der Waals surface area contributed by atoms with Crippen molar-refractivity contribution in [2.75, 3.05) is 6.26 Å². The molecule has 0 amide bonds. The van der Waals surface area contributed by atoms with Gasteiger partial charge in [0.1, 0.15) is 5.75 Å². The number of thioether (sulfide) groups is 1. The highest BCUT2D eigenvalue weighted by Gasteiger charge is 2.02. The zero-order valence-electron chi connectivity index (χ0n) is 19.6. The number of hydrogen-bond donors (Lipinski definition) is 1. The first-order valence-electron chi connectivity index (χ1n) is 10.4. The molecule has 0 aliphatic heterocycles. The molecule has 1 unspecified atom stereocenters. The first-order valence-corrected chi connectivity index (χ1v) is 11.6. The fourth-order valence-electron chi connectivity index (χ4n) is 1.93. The van der Waals surface area contributed by atoms with Crippen molar-refractivity contribution in [3.05, 3.63) is 53.6 Å². The summed E-state index contributed by atoms with van der Waals surface area (Å²) in [7, 11) is 0. The average Bonchev–Trinajstić information content (AvgIpc) is 2.78. The van der Waals surface area contributed by atoms with Gasteiger partial charge in [0, 0.05) is 0 Å². The lowest BCUT2D eigenvalue weighted by Crippen LogP contribution is -2.12. The van der Waals surface area contributed by atoms with Crippen molar-refractivity contribution >= 4 is 18.2 Å². The summed E-state index contributed by atoms with van der Waals surface area (Å²) >= 11 is 1.50. The molecule has 0 aliphatic carbocycles. The SMILES string of the molecule is CC.CCCC.CSC(N)CC#N.Cc1ccc(-c2ccc(OC=O)c(C)c2)cc1. The maximum atomic E-state index is 10.3. The second kappa shape index (κ2) is 20.0. The molecule has 5 heteroatoms. The van der Waals surface area contributed by atoms with Gasteiger partial charge in [-0.05, 0) is 48.9 Å². The maximum absolute atomic E-state index is 10.3. The Morgan fingerprint density at radius 2 is 1.60 bits per heavy atom. The third-order valence-corrected chi connectivity index (χ3v) is 4.60. The van der Waals surface area contributed by atoms with Crippen molar-refractivity contribution in [1.29, 1.82) is 5.26 Å². The summed E-state index contributed by atoms with van der Waals surface area (Å²) in [5.74, 6) is 0.607. The summed E-state index contributed by atoms with van der Waals surface area (Å²) in [5, 5.41) is 8.03. The van der Waals surface area contributed by atoms with Gasteiger partial charge in [-0.25, -0.2) is 0 Å². The Balaban J connectivity index is 0. The van der Waals surface area contributed by atoms with Crippen LogP contribution in [0.25, 0.3) is 11.1 Å². The molecule has 2 N–H and O–H groups in total. The molecule has 0 radical (unpaired) electrons. The summed E-state index contributed by atoms with van der Waals surface area (Å²) in [6.07, 6.45) is 4.98. The molecule has 0 saturated heterocycles. The van der Waals surface area contributed by atoms with E-state index in [2.05, 4.69) is 45.0 Å². The van der Waals surface area contributed by atoms with E-state index < -0.39 is 0 Å².